The summed E-state index contributed by atoms with van der Waals surface area (Å²) in [6, 6.07) is 7.68. The minimum atomic E-state index is -1.14. The number of aliphatic imine (C=N–C) groups is 1. The molecule has 0 aliphatic rings. The molecule has 1 aromatic heterocycles. The molecule has 2 aromatic rings. The van der Waals surface area contributed by atoms with Crippen molar-refractivity contribution >= 4 is 45.3 Å². The molecule has 0 amide bonds. The van der Waals surface area contributed by atoms with Crippen LogP contribution in [0.15, 0.2) is 34.6 Å². The molecule has 0 N–H and O–H groups in total. The Kier molecular flexibility index (Phi) is 5.66. The molecular weight excluding hydrogens is 302 g/mol. The third kappa shape index (κ3) is 3.92. The third-order valence-electron chi connectivity index (χ3n) is 2.89. The number of rotatable bonds is 6. The van der Waals surface area contributed by atoms with Crippen LogP contribution in [0.3, 0.4) is 0 Å². The number of ether oxygens (including phenoxy) is 2. The molecule has 0 bridgehead atoms. The Morgan fingerprint density at radius 3 is 2.50 bits per heavy atom. The number of carbonyl (C=O) groups is 2. The largest absolute Gasteiger partial charge is 0.465 e. The summed E-state index contributed by atoms with van der Waals surface area (Å²) in [5.74, 6) is -2.44. The fourth-order valence-electron chi connectivity index (χ4n) is 1.88. The van der Waals surface area contributed by atoms with Crippen LogP contribution < -0.4 is 0 Å². The van der Waals surface area contributed by atoms with Crippen molar-refractivity contribution in [2.24, 2.45) is 10.9 Å². The molecule has 5 nitrogen and oxygen atoms in total. The van der Waals surface area contributed by atoms with Gasteiger partial charge >= 0.3 is 11.9 Å². The summed E-state index contributed by atoms with van der Waals surface area (Å²) in [5.41, 5.74) is 0.671. The lowest BCUT2D eigenvalue weighted by atomic mass is 10.1. The number of thiophene rings is 1. The molecule has 0 fully saturated rings. The van der Waals surface area contributed by atoms with Gasteiger partial charge in [-0.1, -0.05) is 0 Å². The summed E-state index contributed by atoms with van der Waals surface area (Å²) >= 11 is 1.64. The van der Waals surface area contributed by atoms with Crippen LogP contribution in [-0.4, -0.2) is 31.4 Å². The van der Waals surface area contributed by atoms with Gasteiger partial charge in [-0.3, -0.25) is 14.6 Å². The zero-order valence-corrected chi connectivity index (χ0v) is 13.3. The second-order valence-electron chi connectivity index (χ2n) is 4.40. The average Bonchev–Trinajstić information content (AvgIpc) is 2.95. The zero-order valence-electron chi connectivity index (χ0n) is 12.4. The highest BCUT2D eigenvalue weighted by Gasteiger charge is 2.27. The van der Waals surface area contributed by atoms with Crippen LogP contribution in [0, 0.1) is 5.92 Å². The van der Waals surface area contributed by atoms with Crippen molar-refractivity contribution in [2.45, 2.75) is 13.8 Å². The topological polar surface area (TPSA) is 65.0 Å². The van der Waals surface area contributed by atoms with Crippen molar-refractivity contribution in [3.8, 4) is 0 Å². The Morgan fingerprint density at radius 2 is 1.86 bits per heavy atom. The van der Waals surface area contributed by atoms with E-state index in [-0.39, 0.29) is 13.2 Å². The van der Waals surface area contributed by atoms with Crippen molar-refractivity contribution in [2.75, 3.05) is 13.2 Å². The van der Waals surface area contributed by atoms with Crippen molar-refractivity contribution in [3.05, 3.63) is 29.6 Å². The van der Waals surface area contributed by atoms with Gasteiger partial charge in [0.1, 0.15) is 0 Å². The van der Waals surface area contributed by atoms with E-state index in [0.717, 1.165) is 10.1 Å². The van der Waals surface area contributed by atoms with E-state index in [1.165, 1.54) is 6.21 Å². The first-order valence-electron chi connectivity index (χ1n) is 7.00. The van der Waals surface area contributed by atoms with Gasteiger partial charge in [0.25, 0.3) is 0 Å². The fraction of sp³-hybridized carbons (Fsp3) is 0.312. The molecule has 0 saturated carbocycles. The van der Waals surface area contributed by atoms with Gasteiger partial charge in [-0.2, -0.15) is 0 Å². The van der Waals surface area contributed by atoms with Crippen molar-refractivity contribution in [1.29, 1.82) is 0 Å². The molecule has 22 heavy (non-hydrogen) atoms. The van der Waals surface area contributed by atoms with Gasteiger partial charge < -0.3 is 9.47 Å². The average molecular weight is 319 g/mol. The van der Waals surface area contributed by atoms with Gasteiger partial charge in [0.15, 0.2) is 5.92 Å². The summed E-state index contributed by atoms with van der Waals surface area (Å²) in [7, 11) is 0. The SMILES string of the molecule is CCOC(=O)C(C=Nc1ccc2sccc2c1)C(=O)OCC. The van der Waals surface area contributed by atoms with Crippen LogP contribution in [0.1, 0.15) is 13.8 Å². The first-order chi connectivity index (χ1) is 10.7. The van der Waals surface area contributed by atoms with Gasteiger partial charge in [-0.25, -0.2) is 0 Å². The third-order valence-corrected chi connectivity index (χ3v) is 3.79. The summed E-state index contributed by atoms with van der Waals surface area (Å²) in [6.07, 6.45) is 1.28. The van der Waals surface area contributed by atoms with E-state index >= 15 is 0 Å². The summed E-state index contributed by atoms with van der Waals surface area (Å²) in [5, 5.41) is 3.07. The maximum Gasteiger partial charge on any atom is 0.325 e. The van der Waals surface area contributed by atoms with E-state index in [9.17, 15) is 9.59 Å². The number of hydrogen-bond acceptors (Lipinski definition) is 6. The standard InChI is InChI=1S/C16H17NO4S/c1-3-20-15(18)13(16(19)21-4-2)10-17-12-5-6-14-11(9-12)7-8-22-14/h5-10,13H,3-4H2,1-2H3. The van der Waals surface area contributed by atoms with E-state index in [1.807, 2.05) is 29.6 Å². The molecule has 0 atom stereocenters. The maximum atomic E-state index is 11.8. The lowest BCUT2D eigenvalue weighted by Gasteiger charge is -2.09. The molecular formula is C16H17NO4S. The van der Waals surface area contributed by atoms with Crippen LogP contribution >= 0.6 is 11.3 Å². The zero-order chi connectivity index (χ0) is 15.9. The summed E-state index contributed by atoms with van der Waals surface area (Å²) < 4.78 is 10.9. The Bertz CT molecular complexity index is 674. The Balaban J connectivity index is 2.20. The predicted octanol–water partition coefficient (Wildman–Crippen LogP) is 3.35. The Hall–Kier alpha value is -2.21. The van der Waals surface area contributed by atoms with E-state index in [2.05, 4.69) is 4.99 Å². The minimum Gasteiger partial charge on any atom is -0.465 e. The number of fused-ring (bicyclic) bond motifs is 1. The van der Waals surface area contributed by atoms with E-state index in [4.69, 9.17) is 9.47 Å². The lowest BCUT2D eigenvalue weighted by Crippen LogP contribution is -2.29. The second kappa shape index (κ2) is 7.70. The van der Waals surface area contributed by atoms with Crippen LogP contribution in [0.2, 0.25) is 0 Å². The number of benzene rings is 1. The van der Waals surface area contributed by atoms with Gasteiger partial charge in [0.05, 0.1) is 18.9 Å². The molecule has 116 valence electrons. The van der Waals surface area contributed by atoms with Crippen LogP contribution in [0.25, 0.3) is 10.1 Å². The van der Waals surface area contributed by atoms with Crippen molar-refractivity contribution in [1.82, 2.24) is 0 Å². The van der Waals surface area contributed by atoms with Gasteiger partial charge in [0.2, 0.25) is 0 Å². The van der Waals surface area contributed by atoms with Crippen LogP contribution in [0.4, 0.5) is 5.69 Å². The van der Waals surface area contributed by atoms with E-state index < -0.39 is 17.9 Å². The molecule has 0 spiro atoms. The normalized spacial score (nSPS) is 11.2. The smallest absolute Gasteiger partial charge is 0.325 e. The van der Waals surface area contributed by atoms with Crippen LogP contribution in [-0.2, 0) is 19.1 Å². The van der Waals surface area contributed by atoms with Gasteiger partial charge in [-0.05, 0) is 48.9 Å². The van der Waals surface area contributed by atoms with Gasteiger partial charge in [0, 0.05) is 10.9 Å². The van der Waals surface area contributed by atoms with Crippen molar-refractivity contribution < 1.29 is 19.1 Å². The second-order valence-corrected chi connectivity index (χ2v) is 5.35. The number of esters is 2. The molecule has 0 saturated heterocycles. The van der Waals surface area contributed by atoms with Crippen molar-refractivity contribution in [3.63, 3.8) is 0 Å². The lowest BCUT2D eigenvalue weighted by molar-refractivity contribution is -0.157. The molecule has 0 aliphatic carbocycles. The van der Waals surface area contributed by atoms with Gasteiger partial charge in [-0.15, -0.1) is 11.3 Å². The molecule has 2 rings (SSSR count). The first-order valence-corrected chi connectivity index (χ1v) is 7.88. The molecule has 6 heteroatoms. The maximum absolute atomic E-state index is 11.8. The number of carbonyl (C=O) groups excluding carboxylic acids is 2. The predicted molar refractivity (Wildman–Crippen MR) is 86.7 cm³/mol. The molecule has 0 radical (unpaired) electrons. The molecule has 1 heterocycles. The highest BCUT2D eigenvalue weighted by molar-refractivity contribution is 7.17. The fourth-order valence-corrected chi connectivity index (χ4v) is 2.65. The van der Waals surface area contributed by atoms with E-state index in [1.54, 1.807) is 25.2 Å². The Morgan fingerprint density at radius 1 is 1.18 bits per heavy atom. The minimum absolute atomic E-state index is 0.198. The van der Waals surface area contributed by atoms with E-state index in [0.29, 0.717) is 5.69 Å². The first kappa shape index (κ1) is 16.2. The number of hydrogen-bond donors (Lipinski definition) is 0. The monoisotopic (exact) mass is 319 g/mol. The highest BCUT2D eigenvalue weighted by atomic mass is 32.1. The summed E-state index contributed by atoms with van der Waals surface area (Å²) in [6.45, 7) is 3.76. The molecule has 0 aliphatic heterocycles. The quantitative estimate of drug-likeness (QED) is 0.465. The molecule has 0 unspecified atom stereocenters. The molecule has 1 aromatic carbocycles. The number of nitrogens with zero attached hydrogens (tertiary/aromatic N) is 1. The highest BCUT2D eigenvalue weighted by Crippen LogP contribution is 2.25. The Labute approximate surface area is 132 Å². The summed E-state index contributed by atoms with van der Waals surface area (Å²) in [4.78, 5) is 27.9. The van der Waals surface area contributed by atoms with Crippen LogP contribution in [0.5, 0.6) is 0 Å².